The Bertz CT molecular complexity index is 984. The van der Waals surface area contributed by atoms with Gasteiger partial charge in [-0.05, 0) is 55.2 Å². The van der Waals surface area contributed by atoms with Gasteiger partial charge < -0.3 is 0 Å². The minimum Gasteiger partial charge on any atom is -0.280 e. The highest BCUT2D eigenvalue weighted by molar-refractivity contribution is 7.93. The molecule has 0 bridgehead atoms. The van der Waals surface area contributed by atoms with Crippen LogP contribution in [0.1, 0.15) is 25.3 Å². The molecule has 8 heteroatoms. The summed E-state index contributed by atoms with van der Waals surface area (Å²) in [5.41, 5.74) is 1.87. The van der Waals surface area contributed by atoms with Crippen LogP contribution in [0.2, 0.25) is 0 Å². The highest BCUT2D eigenvalue weighted by Crippen LogP contribution is 2.27. The van der Waals surface area contributed by atoms with Gasteiger partial charge in [-0.3, -0.25) is 9.03 Å². The largest absolute Gasteiger partial charge is 0.280 e. The van der Waals surface area contributed by atoms with Gasteiger partial charge in [-0.25, -0.2) is 16.8 Å². The van der Waals surface area contributed by atoms with Crippen molar-refractivity contribution in [2.45, 2.75) is 31.1 Å². The summed E-state index contributed by atoms with van der Waals surface area (Å²) in [6, 6.07) is 13.2. The molecule has 0 aliphatic carbocycles. The molecule has 1 aliphatic rings. The summed E-state index contributed by atoms with van der Waals surface area (Å²) in [6.07, 6.45) is 2.28. The van der Waals surface area contributed by atoms with Gasteiger partial charge in [0.25, 0.3) is 10.0 Å². The van der Waals surface area contributed by atoms with Crippen LogP contribution in [0.25, 0.3) is 0 Å². The third kappa shape index (κ3) is 4.02. The van der Waals surface area contributed by atoms with Crippen molar-refractivity contribution in [3.63, 3.8) is 0 Å². The van der Waals surface area contributed by atoms with Crippen molar-refractivity contribution in [3.8, 4) is 0 Å². The van der Waals surface area contributed by atoms with Crippen LogP contribution in [0.15, 0.2) is 53.4 Å². The number of anilines is 2. The average molecular weight is 395 g/mol. The van der Waals surface area contributed by atoms with Gasteiger partial charge in [-0.15, -0.1) is 0 Å². The summed E-state index contributed by atoms with van der Waals surface area (Å²) < 4.78 is 53.5. The van der Waals surface area contributed by atoms with Gasteiger partial charge in [0.05, 0.1) is 22.0 Å². The molecule has 0 saturated carbocycles. The van der Waals surface area contributed by atoms with Crippen molar-refractivity contribution in [2.75, 3.05) is 21.3 Å². The van der Waals surface area contributed by atoms with E-state index in [2.05, 4.69) is 4.72 Å². The first-order valence-electron chi connectivity index (χ1n) is 8.54. The van der Waals surface area contributed by atoms with E-state index in [0.29, 0.717) is 24.3 Å². The van der Waals surface area contributed by atoms with E-state index in [1.165, 1.54) is 4.31 Å². The van der Waals surface area contributed by atoms with E-state index in [1.807, 2.05) is 6.92 Å². The molecular weight excluding hydrogens is 372 g/mol. The standard InChI is InChI=1S/C18H22N2O4S2/c1-2-15-8-10-18(11-9-15)26(23,24)19-16-6-5-7-17(14-16)20-12-3-4-13-25(20,21)22/h5-11,14,19H,2-4,12-13H2,1H3. The minimum atomic E-state index is -3.73. The molecule has 1 saturated heterocycles. The van der Waals surface area contributed by atoms with Crippen LogP contribution in [-0.4, -0.2) is 29.1 Å². The molecule has 1 aliphatic heterocycles. The van der Waals surface area contributed by atoms with Gasteiger partial charge in [0, 0.05) is 6.54 Å². The molecule has 1 N–H and O–H groups in total. The maximum Gasteiger partial charge on any atom is 0.261 e. The fourth-order valence-electron chi connectivity index (χ4n) is 2.92. The smallest absolute Gasteiger partial charge is 0.261 e. The highest BCUT2D eigenvalue weighted by atomic mass is 32.2. The summed E-state index contributed by atoms with van der Waals surface area (Å²) in [5.74, 6) is 0.118. The Balaban J connectivity index is 1.86. The van der Waals surface area contributed by atoms with Gasteiger partial charge >= 0.3 is 0 Å². The number of nitrogens with zero attached hydrogens (tertiary/aromatic N) is 1. The Kier molecular flexibility index (Phi) is 5.24. The lowest BCUT2D eigenvalue weighted by molar-refractivity contribution is 0.574. The van der Waals surface area contributed by atoms with Crippen LogP contribution in [0, 0.1) is 0 Å². The fraction of sp³-hybridized carbons (Fsp3) is 0.333. The van der Waals surface area contributed by atoms with E-state index in [4.69, 9.17) is 0 Å². The predicted molar refractivity (Wildman–Crippen MR) is 103 cm³/mol. The van der Waals surface area contributed by atoms with Crippen LogP contribution in [0.4, 0.5) is 11.4 Å². The molecule has 1 fully saturated rings. The molecule has 0 spiro atoms. The second-order valence-electron chi connectivity index (χ2n) is 6.25. The minimum absolute atomic E-state index is 0.118. The Morgan fingerprint density at radius 2 is 1.81 bits per heavy atom. The number of nitrogens with one attached hydrogen (secondary N) is 1. The number of hydrogen-bond donors (Lipinski definition) is 1. The van der Waals surface area contributed by atoms with Gasteiger partial charge in [0.1, 0.15) is 0 Å². The lowest BCUT2D eigenvalue weighted by Crippen LogP contribution is -2.37. The van der Waals surface area contributed by atoms with E-state index in [9.17, 15) is 16.8 Å². The SMILES string of the molecule is CCc1ccc(S(=O)(=O)Nc2cccc(N3CCCCS3(=O)=O)c2)cc1. The molecule has 0 aromatic heterocycles. The normalized spacial score (nSPS) is 17.0. The van der Waals surface area contributed by atoms with Crippen LogP contribution >= 0.6 is 0 Å². The second-order valence-corrected chi connectivity index (χ2v) is 9.94. The zero-order valence-electron chi connectivity index (χ0n) is 14.6. The number of benzene rings is 2. The molecular formula is C18H22N2O4S2. The van der Waals surface area contributed by atoms with Crippen LogP contribution < -0.4 is 9.03 Å². The first kappa shape index (κ1) is 18.7. The summed E-state index contributed by atoms with van der Waals surface area (Å²) in [5, 5.41) is 0. The Hall–Kier alpha value is -2.06. The summed E-state index contributed by atoms with van der Waals surface area (Å²) >= 11 is 0. The topological polar surface area (TPSA) is 83.6 Å². The molecule has 6 nitrogen and oxygen atoms in total. The van der Waals surface area contributed by atoms with Crippen LogP contribution in [0.3, 0.4) is 0 Å². The molecule has 3 rings (SSSR count). The molecule has 0 atom stereocenters. The second kappa shape index (κ2) is 7.28. The van der Waals surface area contributed by atoms with E-state index < -0.39 is 20.0 Å². The lowest BCUT2D eigenvalue weighted by atomic mass is 10.2. The van der Waals surface area contributed by atoms with Crippen molar-refractivity contribution < 1.29 is 16.8 Å². The average Bonchev–Trinajstić information content (AvgIpc) is 2.61. The van der Waals surface area contributed by atoms with Crippen molar-refractivity contribution >= 4 is 31.4 Å². The van der Waals surface area contributed by atoms with E-state index >= 15 is 0 Å². The van der Waals surface area contributed by atoms with Crippen molar-refractivity contribution in [2.24, 2.45) is 0 Å². The Morgan fingerprint density at radius 1 is 1.08 bits per heavy atom. The number of hydrogen-bond acceptors (Lipinski definition) is 4. The monoisotopic (exact) mass is 394 g/mol. The first-order chi connectivity index (χ1) is 12.3. The number of rotatable bonds is 5. The lowest BCUT2D eigenvalue weighted by Gasteiger charge is -2.28. The zero-order valence-corrected chi connectivity index (χ0v) is 16.2. The maximum absolute atomic E-state index is 12.6. The molecule has 2 aromatic carbocycles. The fourth-order valence-corrected chi connectivity index (χ4v) is 5.60. The number of aryl methyl sites for hydroxylation is 1. The number of sulfonamides is 2. The highest BCUT2D eigenvalue weighted by Gasteiger charge is 2.26. The quantitative estimate of drug-likeness (QED) is 0.845. The molecule has 26 heavy (non-hydrogen) atoms. The van der Waals surface area contributed by atoms with Gasteiger partial charge in [-0.2, -0.15) is 0 Å². The van der Waals surface area contributed by atoms with Crippen LogP contribution in [0.5, 0.6) is 0 Å². The third-order valence-electron chi connectivity index (χ3n) is 4.38. The molecule has 0 amide bonds. The molecule has 0 radical (unpaired) electrons. The van der Waals surface area contributed by atoms with Crippen LogP contribution in [-0.2, 0) is 26.5 Å². The Morgan fingerprint density at radius 3 is 2.46 bits per heavy atom. The van der Waals surface area contributed by atoms with E-state index in [-0.39, 0.29) is 10.6 Å². The van der Waals surface area contributed by atoms with Gasteiger partial charge in [-0.1, -0.05) is 25.1 Å². The summed E-state index contributed by atoms with van der Waals surface area (Å²) in [7, 11) is -7.07. The van der Waals surface area contributed by atoms with Crippen molar-refractivity contribution in [1.82, 2.24) is 0 Å². The summed E-state index contributed by atoms with van der Waals surface area (Å²) in [6.45, 7) is 2.42. The van der Waals surface area contributed by atoms with Crippen molar-refractivity contribution in [3.05, 3.63) is 54.1 Å². The van der Waals surface area contributed by atoms with Gasteiger partial charge in [0.2, 0.25) is 10.0 Å². The zero-order chi connectivity index (χ0) is 18.8. The molecule has 2 aromatic rings. The Labute approximate surface area is 155 Å². The first-order valence-corrected chi connectivity index (χ1v) is 11.6. The van der Waals surface area contributed by atoms with Gasteiger partial charge in [0.15, 0.2) is 0 Å². The molecule has 0 unspecified atom stereocenters. The van der Waals surface area contributed by atoms with E-state index in [1.54, 1.807) is 48.5 Å². The molecule has 140 valence electrons. The third-order valence-corrected chi connectivity index (χ3v) is 7.64. The summed E-state index contributed by atoms with van der Waals surface area (Å²) in [4.78, 5) is 0.172. The van der Waals surface area contributed by atoms with Crippen molar-refractivity contribution in [1.29, 1.82) is 0 Å². The predicted octanol–water partition coefficient (Wildman–Crippen LogP) is 2.98. The maximum atomic E-state index is 12.6. The molecule has 1 heterocycles. The van der Waals surface area contributed by atoms with E-state index in [0.717, 1.165) is 18.4 Å².